The second-order valence-corrected chi connectivity index (χ2v) is 3.46. The van der Waals surface area contributed by atoms with Crippen molar-refractivity contribution in [2.24, 2.45) is 0 Å². The van der Waals surface area contributed by atoms with Gasteiger partial charge in [0.25, 0.3) is 0 Å². The van der Waals surface area contributed by atoms with Crippen LogP contribution in [0.2, 0.25) is 0 Å². The van der Waals surface area contributed by atoms with Crippen molar-refractivity contribution in [1.29, 1.82) is 0 Å². The van der Waals surface area contributed by atoms with Crippen LogP contribution in [0.5, 0.6) is 0 Å². The predicted octanol–water partition coefficient (Wildman–Crippen LogP) is 2.29. The molecule has 0 saturated heterocycles. The molecule has 0 amide bonds. The van der Waals surface area contributed by atoms with Crippen LogP contribution >= 0.6 is 0 Å². The van der Waals surface area contributed by atoms with Gasteiger partial charge in [0.05, 0.1) is 0 Å². The Hall–Kier alpha value is -0.660. The number of rotatable bonds is 3. The molecule has 0 aromatic rings. The molecule has 0 aromatic heterocycles. The van der Waals surface area contributed by atoms with E-state index < -0.39 is 0 Å². The SMILES string of the molecule is CCN1C=C(C)NC1(CC)CC. The maximum atomic E-state index is 3.55. The maximum Gasteiger partial charge on any atom is 0.109 e. The molecule has 0 fully saturated rings. The molecule has 0 bridgehead atoms. The van der Waals surface area contributed by atoms with Gasteiger partial charge in [0.1, 0.15) is 5.66 Å². The zero-order chi connectivity index (χ0) is 9.19. The molecule has 1 aliphatic heterocycles. The number of hydrogen-bond acceptors (Lipinski definition) is 2. The van der Waals surface area contributed by atoms with Gasteiger partial charge in [-0.25, -0.2) is 0 Å². The topological polar surface area (TPSA) is 15.3 Å². The number of hydrogen-bond donors (Lipinski definition) is 1. The smallest absolute Gasteiger partial charge is 0.109 e. The summed E-state index contributed by atoms with van der Waals surface area (Å²) in [6.45, 7) is 9.91. The summed E-state index contributed by atoms with van der Waals surface area (Å²) in [7, 11) is 0. The van der Waals surface area contributed by atoms with E-state index in [0.717, 1.165) is 19.4 Å². The van der Waals surface area contributed by atoms with Crippen molar-refractivity contribution in [3.63, 3.8) is 0 Å². The summed E-state index contributed by atoms with van der Waals surface area (Å²) in [6, 6.07) is 0. The molecule has 0 spiro atoms. The lowest BCUT2D eigenvalue weighted by molar-refractivity contribution is 0.135. The second-order valence-electron chi connectivity index (χ2n) is 3.46. The Morgan fingerprint density at radius 3 is 2.25 bits per heavy atom. The first-order chi connectivity index (χ1) is 5.68. The zero-order valence-corrected chi connectivity index (χ0v) is 8.65. The summed E-state index contributed by atoms with van der Waals surface area (Å²) in [5.74, 6) is 0. The number of nitrogens with one attached hydrogen (secondary N) is 1. The third-order valence-electron chi connectivity index (χ3n) is 2.84. The average molecular weight is 168 g/mol. The molecule has 12 heavy (non-hydrogen) atoms. The van der Waals surface area contributed by atoms with Gasteiger partial charge in [-0.15, -0.1) is 0 Å². The molecule has 1 N–H and O–H groups in total. The second kappa shape index (κ2) is 3.38. The highest BCUT2D eigenvalue weighted by atomic mass is 15.4. The van der Waals surface area contributed by atoms with Crippen LogP contribution in [-0.4, -0.2) is 17.1 Å². The van der Waals surface area contributed by atoms with Gasteiger partial charge >= 0.3 is 0 Å². The van der Waals surface area contributed by atoms with Gasteiger partial charge in [0.2, 0.25) is 0 Å². The van der Waals surface area contributed by atoms with Crippen LogP contribution in [0.15, 0.2) is 11.9 Å². The van der Waals surface area contributed by atoms with E-state index in [0.29, 0.717) is 0 Å². The van der Waals surface area contributed by atoms with Gasteiger partial charge in [0.15, 0.2) is 0 Å². The Morgan fingerprint density at radius 1 is 1.33 bits per heavy atom. The summed E-state index contributed by atoms with van der Waals surface area (Å²) in [5, 5.41) is 3.55. The van der Waals surface area contributed by atoms with Crippen molar-refractivity contribution >= 4 is 0 Å². The molecule has 0 aliphatic carbocycles. The molecule has 0 atom stereocenters. The third-order valence-corrected chi connectivity index (χ3v) is 2.84. The third kappa shape index (κ3) is 1.30. The quantitative estimate of drug-likeness (QED) is 0.695. The van der Waals surface area contributed by atoms with Gasteiger partial charge in [-0.2, -0.15) is 0 Å². The lowest BCUT2D eigenvalue weighted by atomic mass is 10.0. The van der Waals surface area contributed by atoms with Crippen LogP contribution in [0.3, 0.4) is 0 Å². The van der Waals surface area contributed by atoms with E-state index in [1.54, 1.807) is 0 Å². The molecular weight excluding hydrogens is 148 g/mol. The van der Waals surface area contributed by atoms with Crippen LogP contribution in [0.25, 0.3) is 0 Å². The standard InChI is InChI=1S/C10H20N2/c1-5-10(6-2)11-9(4)8-12(10)7-3/h8,11H,5-7H2,1-4H3. The van der Waals surface area contributed by atoms with E-state index in [2.05, 4.69) is 44.1 Å². The highest BCUT2D eigenvalue weighted by Crippen LogP contribution is 2.27. The number of allylic oxidation sites excluding steroid dienone is 1. The Morgan fingerprint density at radius 2 is 1.92 bits per heavy atom. The first-order valence-corrected chi connectivity index (χ1v) is 4.92. The summed E-state index contributed by atoms with van der Waals surface area (Å²) >= 11 is 0. The predicted molar refractivity (Wildman–Crippen MR) is 52.6 cm³/mol. The van der Waals surface area contributed by atoms with E-state index in [-0.39, 0.29) is 5.66 Å². The van der Waals surface area contributed by atoms with Crippen LogP contribution in [-0.2, 0) is 0 Å². The molecule has 0 radical (unpaired) electrons. The Labute approximate surface area is 75.6 Å². The van der Waals surface area contributed by atoms with E-state index >= 15 is 0 Å². The molecule has 2 heteroatoms. The first kappa shape index (κ1) is 9.43. The Balaban J connectivity index is 2.79. The van der Waals surface area contributed by atoms with Crippen molar-refractivity contribution in [1.82, 2.24) is 10.2 Å². The van der Waals surface area contributed by atoms with Gasteiger partial charge < -0.3 is 10.2 Å². The zero-order valence-electron chi connectivity index (χ0n) is 8.65. The van der Waals surface area contributed by atoms with Crippen molar-refractivity contribution in [3.05, 3.63) is 11.9 Å². The Bertz CT molecular complexity index is 180. The summed E-state index contributed by atoms with van der Waals surface area (Å²) < 4.78 is 0. The molecule has 1 aliphatic rings. The van der Waals surface area contributed by atoms with E-state index in [1.807, 2.05) is 0 Å². The average Bonchev–Trinajstić information content (AvgIpc) is 2.42. The highest BCUT2D eigenvalue weighted by molar-refractivity contribution is 5.11. The van der Waals surface area contributed by atoms with Gasteiger partial charge in [-0.1, -0.05) is 13.8 Å². The summed E-state index contributed by atoms with van der Waals surface area (Å²) in [5.41, 5.74) is 1.50. The summed E-state index contributed by atoms with van der Waals surface area (Å²) in [4.78, 5) is 2.41. The van der Waals surface area contributed by atoms with Crippen molar-refractivity contribution in [3.8, 4) is 0 Å². The van der Waals surface area contributed by atoms with Crippen LogP contribution < -0.4 is 5.32 Å². The minimum Gasteiger partial charge on any atom is -0.365 e. The molecule has 70 valence electrons. The minimum atomic E-state index is 0.207. The number of nitrogens with zero attached hydrogens (tertiary/aromatic N) is 1. The van der Waals surface area contributed by atoms with Crippen molar-refractivity contribution in [2.45, 2.75) is 46.2 Å². The van der Waals surface area contributed by atoms with Gasteiger partial charge in [-0.3, -0.25) is 0 Å². The summed E-state index contributed by atoms with van der Waals surface area (Å²) in [6.07, 6.45) is 4.54. The van der Waals surface area contributed by atoms with Crippen molar-refractivity contribution in [2.75, 3.05) is 6.54 Å². The fourth-order valence-electron chi connectivity index (χ4n) is 2.06. The Kier molecular flexibility index (Phi) is 2.65. The fourth-order valence-corrected chi connectivity index (χ4v) is 2.06. The largest absolute Gasteiger partial charge is 0.365 e. The van der Waals surface area contributed by atoms with Gasteiger partial charge in [-0.05, 0) is 26.7 Å². The highest BCUT2D eigenvalue weighted by Gasteiger charge is 2.34. The fraction of sp³-hybridized carbons (Fsp3) is 0.800. The van der Waals surface area contributed by atoms with Crippen LogP contribution in [0.4, 0.5) is 0 Å². The maximum absolute atomic E-state index is 3.55. The first-order valence-electron chi connectivity index (χ1n) is 4.92. The molecule has 0 saturated carbocycles. The van der Waals surface area contributed by atoms with E-state index in [9.17, 15) is 0 Å². The molecule has 2 nitrogen and oxygen atoms in total. The van der Waals surface area contributed by atoms with Gasteiger partial charge in [0, 0.05) is 18.4 Å². The lowest BCUT2D eigenvalue weighted by Crippen LogP contribution is -2.50. The van der Waals surface area contributed by atoms with Crippen LogP contribution in [0, 0.1) is 0 Å². The molecule has 0 unspecified atom stereocenters. The monoisotopic (exact) mass is 168 g/mol. The van der Waals surface area contributed by atoms with E-state index in [1.165, 1.54) is 5.70 Å². The molecule has 0 aromatic carbocycles. The molecule has 1 heterocycles. The van der Waals surface area contributed by atoms with Crippen molar-refractivity contribution < 1.29 is 0 Å². The lowest BCUT2D eigenvalue weighted by Gasteiger charge is -2.38. The van der Waals surface area contributed by atoms with E-state index in [4.69, 9.17) is 0 Å². The van der Waals surface area contributed by atoms with Crippen LogP contribution in [0.1, 0.15) is 40.5 Å². The minimum absolute atomic E-state index is 0.207. The molecule has 1 rings (SSSR count). The molecular formula is C10H20N2. The normalized spacial score (nSPS) is 20.7.